The minimum absolute atomic E-state index is 0.0525. The summed E-state index contributed by atoms with van der Waals surface area (Å²) in [4.78, 5) is 54.8. The Hall–Kier alpha value is -4.16. The van der Waals surface area contributed by atoms with Crippen LogP contribution in [0.1, 0.15) is 44.7 Å². The van der Waals surface area contributed by atoms with Gasteiger partial charge in [-0.1, -0.05) is 45.0 Å². The van der Waals surface area contributed by atoms with Gasteiger partial charge < -0.3 is 38.9 Å². The maximum Gasteiger partial charge on any atom is 0.243 e. The molecule has 0 spiro atoms. The summed E-state index contributed by atoms with van der Waals surface area (Å²) in [6.07, 6.45) is 0.635. The van der Waals surface area contributed by atoms with Crippen LogP contribution in [-0.2, 0) is 25.6 Å². The number of hydrogen-bond donors (Lipinski definition) is 8. The molecular weight excluding hydrogens is 478 g/mol. The molecule has 3 atom stereocenters. The third-order valence-corrected chi connectivity index (χ3v) is 5.60. The molecule has 0 aliphatic carbocycles. The molecule has 37 heavy (non-hydrogen) atoms. The highest BCUT2D eigenvalue weighted by molar-refractivity contribution is 6.02. The van der Waals surface area contributed by atoms with Crippen molar-refractivity contribution >= 4 is 35.4 Å². The molecule has 0 saturated heterocycles. The Bertz CT molecular complexity index is 1010. The minimum atomic E-state index is -1.14. The zero-order valence-electron chi connectivity index (χ0n) is 21.8. The Morgan fingerprint density at radius 3 is 2.00 bits per heavy atom. The summed E-state index contributed by atoms with van der Waals surface area (Å²) in [7, 11) is 1.41. The van der Waals surface area contributed by atoms with E-state index < -0.39 is 47.0 Å². The number of nitrogen functional groups attached to an aromatic ring is 1. The van der Waals surface area contributed by atoms with Crippen molar-refractivity contribution in [3.63, 3.8) is 0 Å². The summed E-state index contributed by atoms with van der Waals surface area (Å²) in [6.45, 7) is 5.48. The summed E-state index contributed by atoms with van der Waals surface area (Å²) in [6, 6.07) is 4.52. The number of guanidine groups is 1. The smallest absolute Gasteiger partial charge is 0.243 e. The zero-order valence-corrected chi connectivity index (χ0v) is 21.8. The van der Waals surface area contributed by atoms with Crippen molar-refractivity contribution in [1.29, 1.82) is 5.41 Å². The van der Waals surface area contributed by atoms with E-state index in [1.807, 2.05) is 0 Å². The van der Waals surface area contributed by atoms with Gasteiger partial charge in [0.2, 0.25) is 23.6 Å². The van der Waals surface area contributed by atoms with E-state index in [0.717, 1.165) is 0 Å². The molecule has 1 rings (SSSR count). The van der Waals surface area contributed by atoms with Crippen molar-refractivity contribution in [2.75, 3.05) is 13.6 Å². The number of rotatable bonds is 13. The number of aliphatic imine (C=N–C) groups is 1. The highest BCUT2D eigenvalue weighted by Crippen LogP contribution is 2.21. The molecule has 4 amide bonds. The lowest BCUT2D eigenvalue weighted by atomic mass is 9.85. The van der Waals surface area contributed by atoms with Crippen LogP contribution in [0.2, 0.25) is 0 Å². The fraction of sp³-hybridized carbons (Fsp3) is 0.500. The normalized spacial score (nSPS) is 13.4. The Labute approximate surface area is 216 Å². The van der Waals surface area contributed by atoms with Crippen molar-refractivity contribution in [3.05, 3.63) is 35.4 Å². The van der Waals surface area contributed by atoms with E-state index in [4.69, 9.17) is 28.3 Å². The Kier molecular flexibility index (Phi) is 11.5. The van der Waals surface area contributed by atoms with Gasteiger partial charge in [-0.05, 0) is 30.2 Å². The maximum atomic E-state index is 13.2. The van der Waals surface area contributed by atoms with Crippen LogP contribution < -0.4 is 38.9 Å². The number of nitrogens with one attached hydrogen (secondary N) is 4. The molecule has 12 N–H and O–H groups in total. The maximum absolute atomic E-state index is 13.2. The highest BCUT2D eigenvalue weighted by Gasteiger charge is 2.37. The minimum Gasteiger partial charge on any atom is -0.384 e. The SMILES string of the molecule is CNC(=O)C(Cc1ccc(C(=N)N)cc1)C(=O)N[C@H](C(=O)N[C@@H](CCCN=C(N)N)C(N)=O)C(C)(C)C. The largest absolute Gasteiger partial charge is 0.384 e. The zero-order chi connectivity index (χ0) is 28.3. The molecular formula is C24H39N9O4. The predicted molar refractivity (Wildman–Crippen MR) is 141 cm³/mol. The monoisotopic (exact) mass is 517 g/mol. The second kappa shape index (κ2) is 13.8. The van der Waals surface area contributed by atoms with Crippen LogP contribution in [-0.4, -0.2) is 61.1 Å². The molecule has 1 aromatic rings. The van der Waals surface area contributed by atoms with Crippen LogP contribution in [0, 0.1) is 16.7 Å². The molecule has 0 bridgehead atoms. The Morgan fingerprint density at radius 1 is 0.946 bits per heavy atom. The van der Waals surface area contributed by atoms with E-state index in [2.05, 4.69) is 20.9 Å². The van der Waals surface area contributed by atoms with E-state index in [9.17, 15) is 19.2 Å². The summed E-state index contributed by atoms with van der Waals surface area (Å²) < 4.78 is 0. The number of carbonyl (C=O) groups excluding carboxylic acids is 4. The first-order chi connectivity index (χ1) is 17.2. The molecule has 0 saturated carbocycles. The van der Waals surface area contributed by atoms with Gasteiger partial charge in [0.05, 0.1) is 0 Å². The number of hydrogen-bond acceptors (Lipinski definition) is 6. The number of primary amides is 1. The van der Waals surface area contributed by atoms with Crippen LogP contribution in [0.15, 0.2) is 29.3 Å². The van der Waals surface area contributed by atoms with Gasteiger partial charge >= 0.3 is 0 Å². The first-order valence-electron chi connectivity index (χ1n) is 11.8. The van der Waals surface area contributed by atoms with E-state index in [1.165, 1.54) is 7.05 Å². The third kappa shape index (κ3) is 10.2. The van der Waals surface area contributed by atoms with Gasteiger partial charge in [0, 0.05) is 19.2 Å². The third-order valence-electron chi connectivity index (χ3n) is 5.60. The van der Waals surface area contributed by atoms with Gasteiger partial charge in [-0.25, -0.2) is 0 Å². The van der Waals surface area contributed by atoms with Crippen LogP contribution in [0.5, 0.6) is 0 Å². The Balaban J connectivity index is 3.06. The topological polar surface area (TPSA) is 245 Å². The summed E-state index contributed by atoms with van der Waals surface area (Å²) in [5, 5.41) is 15.2. The number of nitrogens with zero attached hydrogens (tertiary/aromatic N) is 1. The molecule has 13 heteroatoms. The van der Waals surface area contributed by atoms with Gasteiger partial charge in [0.1, 0.15) is 23.8 Å². The second-order valence-electron chi connectivity index (χ2n) is 9.70. The first-order valence-corrected chi connectivity index (χ1v) is 11.8. The van der Waals surface area contributed by atoms with Gasteiger partial charge in [-0.15, -0.1) is 0 Å². The Morgan fingerprint density at radius 2 is 1.54 bits per heavy atom. The lowest BCUT2D eigenvalue weighted by molar-refractivity contribution is -0.139. The van der Waals surface area contributed by atoms with Crippen molar-refractivity contribution in [2.45, 2.75) is 52.1 Å². The lowest BCUT2D eigenvalue weighted by Crippen LogP contribution is -2.59. The predicted octanol–water partition coefficient (Wildman–Crippen LogP) is -1.57. The van der Waals surface area contributed by atoms with Crippen LogP contribution in [0.3, 0.4) is 0 Å². The molecule has 0 aliphatic rings. The first kappa shape index (κ1) is 30.9. The molecule has 0 radical (unpaired) electrons. The van der Waals surface area contributed by atoms with E-state index in [0.29, 0.717) is 17.5 Å². The molecule has 1 aromatic carbocycles. The van der Waals surface area contributed by atoms with Gasteiger partial charge in [0.25, 0.3) is 0 Å². The molecule has 0 aromatic heterocycles. The van der Waals surface area contributed by atoms with Crippen LogP contribution >= 0.6 is 0 Å². The molecule has 0 fully saturated rings. The van der Waals surface area contributed by atoms with Crippen molar-refractivity contribution in [1.82, 2.24) is 16.0 Å². The summed E-state index contributed by atoms with van der Waals surface area (Å²) >= 11 is 0. The molecule has 204 valence electrons. The molecule has 0 aliphatic heterocycles. The van der Waals surface area contributed by atoms with Crippen LogP contribution in [0.25, 0.3) is 0 Å². The number of amidine groups is 1. The molecule has 1 unspecified atom stereocenters. The summed E-state index contributed by atoms with van der Waals surface area (Å²) in [5.41, 5.74) is 21.9. The van der Waals surface area contributed by atoms with Crippen molar-refractivity contribution in [2.24, 2.45) is 39.3 Å². The van der Waals surface area contributed by atoms with Gasteiger partial charge in [0.15, 0.2) is 5.96 Å². The average Bonchev–Trinajstić information content (AvgIpc) is 2.81. The van der Waals surface area contributed by atoms with E-state index >= 15 is 0 Å². The number of amides is 4. The summed E-state index contributed by atoms with van der Waals surface area (Å²) in [5.74, 6) is -3.88. The molecule has 13 nitrogen and oxygen atoms in total. The van der Waals surface area contributed by atoms with E-state index in [1.54, 1.807) is 45.0 Å². The van der Waals surface area contributed by atoms with E-state index in [-0.39, 0.29) is 31.2 Å². The van der Waals surface area contributed by atoms with Crippen molar-refractivity contribution in [3.8, 4) is 0 Å². The average molecular weight is 518 g/mol. The van der Waals surface area contributed by atoms with Crippen molar-refractivity contribution < 1.29 is 19.2 Å². The number of nitrogens with two attached hydrogens (primary N) is 4. The lowest BCUT2D eigenvalue weighted by Gasteiger charge is -2.32. The quantitative estimate of drug-likeness (QED) is 0.0660. The number of carbonyl (C=O) groups is 4. The van der Waals surface area contributed by atoms with Crippen LogP contribution in [0.4, 0.5) is 0 Å². The number of benzene rings is 1. The highest BCUT2D eigenvalue weighted by atomic mass is 16.2. The standard InChI is InChI=1S/C24H39N9O4/c1-24(2,3)17(22(37)32-16(19(27)34)6-5-11-31-23(28)29)33-21(36)15(20(35)30-4)12-13-7-9-14(10-8-13)18(25)26/h7-10,15-17H,5-6,11-12H2,1-4H3,(H3,25,26)(H2,27,34)(H,30,35)(H,32,37)(H,33,36)(H4,28,29,31)/t15?,16-,17+/m0/s1. The van der Waals surface area contributed by atoms with Gasteiger partial charge in [-0.2, -0.15) is 0 Å². The fourth-order valence-corrected chi connectivity index (χ4v) is 3.50. The van der Waals surface area contributed by atoms with Gasteiger partial charge in [-0.3, -0.25) is 29.6 Å². The fourth-order valence-electron chi connectivity index (χ4n) is 3.50. The second-order valence-corrected chi connectivity index (χ2v) is 9.70. The molecule has 0 heterocycles.